The Morgan fingerprint density at radius 3 is 2.79 bits per heavy atom. The van der Waals surface area contributed by atoms with E-state index in [0.717, 1.165) is 6.42 Å². The van der Waals surface area contributed by atoms with E-state index in [1.165, 1.54) is 7.11 Å². The van der Waals surface area contributed by atoms with Gasteiger partial charge in [-0.25, -0.2) is 0 Å². The van der Waals surface area contributed by atoms with E-state index in [9.17, 15) is 5.11 Å². The van der Waals surface area contributed by atoms with Crippen LogP contribution in [0, 0.1) is 0 Å². The van der Waals surface area contributed by atoms with Crippen molar-refractivity contribution >= 4 is 0 Å². The number of hydrogen-bond donors (Lipinski definition) is 1. The molecule has 6 heteroatoms. The summed E-state index contributed by atoms with van der Waals surface area (Å²) in [6, 6.07) is 5.08. The molecule has 0 bridgehead atoms. The Bertz CT molecular complexity index is 549. The highest BCUT2D eigenvalue weighted by atomic mass is 16.5. The smallest absolute Gasteiger partial charge is 0.261 e. The first-order chi connectivity index (χ1) is 9.21. The van der Waals surface area contributed by atoms with Gasteiger partial charge in [0.2, 0.25) is 5.82 Å². The molecule has 0 aliphatic rings. The minimum absolute atomic E-state index is 0.0225. The van der Waals surface area contributed by atoms with Gasteiger partial charge in [-0.1, -0.05) is 18.1 Å². The number of aromatic hydroxyl groups is 1. The van der Waals surface area contributed by atoms with Gasteiger partial charge >= 0.3 is 0 Å². The second-order valence-corrected chi connectivity index (χ2v) is 3.95. The molecule has 2 aromatic rings. The topological polar surface area (TPSA) is 77.6 Å². The standard InChI is InChI=1S/C13H16N2O4/c1-4-9(17-2)12-14-13(19-15-12)8-6-5-7-10(18-3)11(8)16/h5-7,9,16H,4H2,1-3H3. The first-order valence-electron chi connectivity index (χ1n) is 5.94. The van der Waals surface area contributed by atoms with Gasteiger partial charge in [-0.15, -0.1) is 0 Å². The number of aromatic nitrogens is 2. The minimum Gasteiger partial charge on any atom is -0.504 e. The Hall–Kier alpha value is -2.08. The Balaban J connectivity index is 2.38. The van der Waals surface area contributed by atoms with Gasteiger partial charge in [0.15, 0.2) is 11.5 Å². The van der Waals surface area contributed by atoms with E-state index in [1.807, 2.05) is 6.92 Å². The number of rotatable bonds is 5. The van der Waals surface area contributed by atoms with E-state index in [-0.39, 0.29) is 17.7 Å². The number of phenolic OH excluding ortho intramolecular Hbond substituents is 1. The van der Waals surface area contributed by atoms with Crippen LogP contribution in [0.2, 0.25) is 0 Å². The summed E-state index contributed by atoms with van der Waals surface area (Å²) in [5, 5.41) is 13.9. The van der Waals surface area contributed by atoms with Crippen LogP contribution >= 0.6 is 0 Å². The maximum absolute atomic E-state index is 10.0. The molecule has 1 atom stereocenters. The number of ether oxygens (including phenoxy) is 2. The van der Waals surface area contributed by atoms with Crippen molar-refractivity contribution in [1.29, 1.82) is 0 Å². The summed E-state index contributed by atoms with van der Waals surface area (Å²) in [7, 11) is 3.07. The summed E-state index contributed by atoms with van der Waals surface area (Å²) >= 11 is 0. The number of phenols is 1. The van der Waals surface area contributed by atoms with E-state index < -0.39 is 0 Å². The van der Waals surface area contributed by atoms with Gasteiger partial charge in [0.05, 0.1) is 12.7 Å². The summed E-state index contributed by atoms with van der Waals surface area (Å²) in [6.45, 7) is 1.97. The molecule has 0 saturated heterocycles. The fraction of sp³-hybridized carbons (Fsp3) is 0.385. The van der Waals surface area contributed by atoms with Crippen molar-refractivity contribution in [2.45, 2.75) is 19.4 Å². The molecule has 2 rings (SSSR count). The number of nitrogens with zero attached hydrogens (tertiary/aromatic N) is 2. The van der Waals surface area contributed by atoms with Crippen molar-refractivity contribution in [1.82, 2.24) is 10.1 Å². The van der Waals surface area contributed by atoms with Gasteiger partial charge < -0.3 is 19.1 Å². The number of para-hydroxylation sites is 1. The monoisotopic (exact) mass is 264 g/mol. The van der Waals surface area contributed by atoms with Crippen molar-refractivity contribution in [2.24, 2.45) is 0 Å². The van der Waals surface area contributed by atoms with Crippen LogP contribution in [0.1, 0.15) is 25.3 Å². The van der Waals surface area contributed by atoms with Gasteiger partial charge in [-0.05, 0) is 18.6 Å². The van der Waals surface area contributed by atoms with E-state index in [1.54, 1.807) is 25.3 Å². The Labute approximate surface area is 111 Å². The second kappa shape index (κ2) is 5.71. The second-order valence-electron chi connectivity index (χ2n) is 3.95. The van der Waals surface area contributed by atoms with Crippen LogP contribution in [0.5, 0.6) is 11.5 Å². The van der Waals surface area contributed by atoms with Crippen molar-refractivity contribution in [2.75, 3.05) is 14.2 Å². The van der Waals surface area contributed by atoms with E-state index >= 15 is 0 Å². The van der Waals surface area contributed by atoms with Crippen LogP contribution in [-0.4, -0.2) is 29.5 Å². The molecule has 0 aliphatic heterocycles. The molecule has 0 radical (unpaired) electrons. The highest BCUT2D eigenvalue weighted by Crippen LogP contribution is 2.36. The van der Waals surface area contributed by atoms with Crippen molar-refractivity contribution in [3.63, 3.8) is 0 Å². The zero-order valence-electron chi connectivity index (χ0n) is 11.1. The first-order valence-corrected chi connectivity index (χ1v) is 5.94. The highest BCUT2D eigenvalue weighted by Gasteiger charge is 2.19. The molecule has 0 amide bonds. The van der Waals surface area contributed by atoms with E-state index in [4.69, 9.17) is 14.0 Å². The third-order valence-corrected chi connectivity index (χ3v) is 2.83. The average molecular weight is 264 g/mol. The Morgan fingerprint density at radius 2 is 2.16 bits per heavy atom. The lowest BCUT2D eigenvalue weighted by atomic mass is 10.2. The molecular weight excluding hydrogens is 248 g/mol. The number of methoxy groups -OCH3 is 2. The SMILES string of the molecule is CCC(OC)c1noc(-c2cccc(OC)c2O)n1. The van der Waals surface area contributed by atoms with Gasteiger partial charge in [-0.2, -0.15) is 4.98 Å². The predicted octanol–water partition coefficient (Wildman–Crippen LogP) is 2.55. The molecule has 1 aromatic carbocycles. The van der Waals surface area contributed by atoms with Gasteiger partial charge in [0.25, 0.3) is 5.89 Å². The number of hydrogen-bond acceptors (Lipinski definition) is 6. The normalized spacial score (nSPS) is 12.4. The summed E-state index contributed by atoms with van der Waals surface area (Å²) < 4.78 is 15.4. The van der Waals surface area contributed by atoms with E-state index in [2.05, 4.69) is 10.1 Å². The molecule has 1 heterocycles. The molecular formula is C13H16N2O4. The maximum atomic E-state index is 10.0. The van der Waals surface area contributed by atoms with E-state index in [0.29, 0.717) is 17.1 Å². The molecule has 19 heavy (non-hydrogen) atoms. The Kier molecular flexibility index (Phi) is 4.01. The summed E-state index contributed by atoms with van der Waals surface area (Å²) in [5.41, 5.74) is 0.434. The molecule has 1 unspecified atom stereocenters. The van der Waals surface area contributed by atoms with Gasteiger partial charge in [0.1, 0.15) is 6.10 Å². The molecule has 102 valence electrons. The number of benzene rings is 1. The molecule has 1 aromatic heterocycles. The molecule has 0 fully saturated rings. The average Bonchev–Trinajstić information content (AvgIpc) is 2.90. The minimum atomic E-state index is -0.217. The third kappa shape index (κ3) is 2.53. The van der Waals surface area contributed by atoms with Crippen LogP contribution in [0.25, 0.3) is 11.5 Å². The Morgan fingerprint density at radius 1 is 1.37 bits per heavy atom. The van der Waals surface area contributed by atoms with Crippen molar-refractivity contribution in [3.8, 4) is 23.0 Å². The quantitative estimate of drug-likeness (QED) is 0.894. The zero-order chi connectivity index (χ0) is 13.8. The van der Waals surface area contributed by atoms with Gasteiger partial charge in [0, 0.05) is 7.11 Å². The summed E-state index contributed by atoms with van der Waals surface area (Å²) in [6.07, 6.45) is 0.518. The summed E-state index contributed by atoms with van der Waals surface area (Å²) in [5.74, 6) is 1.03. The largest absolute Gasteiger partial charge is 0.504 e. The fourth-order valence-corrected chi connectivity index (χ4v) is 1.79. The molecule has 0 spiro atoms. The zero-order valence-corrected chi connectivity index (χ0v) is 11.1. The lowest BCUT2D eigenvalue weighted by molar-refractivity contribution is 0.0903. The highest BCUT2D eigenvalue weighted by molar-refractivity contribution is 5.66. The lowest BCUT2D eigenvalue weighted by Crippen LogP contribution is -2.01. The lowest BCUT2D eigenvalue weighted by Gasteiger charge is -2.06. The van der Waals surface area contributed by atoms with Crippen LogP contribution in [-0.2, 0) is 4.74 Å². The van der Waals surface area contributed by atoms with Gasteiger partial charge in [-0.3, -0.25) is 0 Å². The van der Waals surface area contributed by atoms with Crippen LogP contribution in [0.4, 0.5) is 0 Å². The van der Waals surface area contributed by atoms with Crippen LogP contribution < -0.4 is 4.74 Å². The summed E-state index contributed by atoms with van der Waals surface area (Å²) in [4.78, 5) is 4.24. The van der Waals surface area contributed by atoms with Crippen LogP contribution in [0.15, 0.2) is 22.7 Å². The van der Waals surface area contributed by atoms with Crippen molar-refractivity contribution < 1.29 is 19.1 Å². The molecule has 6 nitrogen and oxygen atoms in total. The first kappa shape index (κ1) is 13.4. The molecule has 0 saturated carbocycles. The molecule has 0 aliphatic carbocycles. The third-order valence-electron chi connectivity index (χ3n) is 2.83. The molecule has 1 N–H and O–H groups in total. The maximum Gasteiger partial charge on any atom is 0.261 e. The predicted molar refractivity (Wildman–Crippen MR) is 68.0 cm³/mol. The fourth-order valence-electron chi connectivity index (χ4n) is 1.79. The van der Waals surface area contributed by atoms with Crippen LogP contribution in [0.3, 0.4) is 0 Å². The van der Waals surface area contributed by atoms with Crippen molar-refractivity contribution in [3.05, 3.63) is 24.0 Å².